The predicted molar refractivity (Wildman–Crippen MR) is 72.8 cm³/mol. The third-order valence-corrected chi connectivity index (χ3v) is 4.48. The average Bonchev–Trinajstić information content (AvgIpc) is 2.34. The molecule has 0 saturated carbocycles. The van der Waals surface area contributed by atoms with Crippen molar-refractivity contribution in [3.63, 3.8) is 0 Å². The van der Waals surface area contributed by atoms with E-state index in [4.69, 9.17) is 5.11 Å². The van der Waals surface area contributed by atoms with Crippen LogP contribution in [-0.4, -0.2) is 25.5 Å². The van der Waals surface area contributed by atoms with Crippen LogP contribution in [0.1, 0.15) is 25.0 Å². The van der Waals surface area contributed by atoms with Gasteiger partial charge < -0.3 is 5.11 Å². The van der Waals surface area contributed by atoms with E-state index in [1.165, 1.54) is 20.8 Å². The minimum atomic E-state index is -4.69. The molecule has 1 aromatic rings. The van der Waals surface area contributed by atoms with Crippen LogP contribution in [0.4, 0.5) is 13.2 Å². The standard InChI is InChI=1S/C13H16F3NO4S/c1-7(2)11(12(18)19)17-22(20,21)9-5-4-8(3)10(6-9)13(14,15)16/h4-7,11,17H,1-3H3,(H,18,19)/t11-/m1/s1. The van der Waals surface area contributed by atoms with Gasteiger partial charge in [0.2, 0.25) is 10.0 Å². The van der Waals surface area contributed by atoms with Gasteiger partial charge in [0.15, 0.2) is 0 Å². The SMILES string of the molecule is Cc1ccc(S(=O)(=O)N[C@@H](C(=O)O)C(C)C)cc1C(F)(F)F. The number of hydrogen-bond donors (Lipinski definition) is 2. The average molecular weight is 339 g/mol. The van der Waals surface area contributed by atoms with Crippen molar-refractivity contribution in [1.29, 1.82) is 0 Å². The Morgan fingerprint density at radius 2 is 1.82 bits per heavy atom. The van der Waals surface area contributed by atoms with Crippen molar-refractivity contribution in [3.05, 3.63) is 29.3 Å². The normalized spacial score (nSPS) is 14.1. The van der Waals surface area contributed by atoms with Crippen LogP contribution in [0, 0.1) is 12.8 Å². The molecule has 0 heterocycles. The van der Waals surface area contributed by atoms with Crippen molar-refractivity contribution in [3.8, 4) is 0 Å². The maximum Gasteiger partial charge on any atom is 0.416 e. The number of carboxylic acid groups (broad SMARTS) is 1. The van der Waals surface area contributed by atoms with Crippen molar-refractivity contribution in [2.45, 2.75) is 37.9 Å². The zero-order chi connectivity index (χ0) is 17.3. The Hall–Kier alpha value is -1.61. The fraction of sp³-hybridized carbons (Fsp3) is 0.462. The van der Waals surface area contributed by atoms with Crippen LogP contribution in [0.25, 0.3) is 0 Å². The fourth-order valence-corrected chi connectivity index (χ4v) is 3.14. The van der Waals surface area contributed by atoms with Gasteiger partial charge in [-0.05, 0) is 30.5 Å². The Bertz CT molecular complexity index is 668. The number of sulfonamides is 1. The summed E-state index contributed by atoms with van der Waals surface area (Å²) >= 11 is 0. The highest BCUT2D eigenvalue weighted by Crippen LogP contribution is 2.33. The first-order valence-corrected chi connectivity index (χ1v) is 7.77. The molecule has 0 saturated heterocycles. The van der Waals surface area contributed by atoms with Gasteiger partial charge in [-0.15, -0.1) is 0 Å². The van der Waals surface area contributed by atoms with Crippen LogP contribution in [0.2, 0.25) is 0 Å². The predicted octanol–water partition coefficient (Wildman–Crippen LogP) is 2.40. The van der Waals surface area contributed by atoms with Crippen LogP contribution < -0.4 is 4.72 Å². The second kappa shape index (κ2) is 6.25. The van der Waals surface area contributed by atoms with Crippen LogP contribution in [0.15, 0.2) is 23.1 Å². The summed E-state index contributed by atoms with van der Waals surface area (Å²) in [6.45, 7) is 4.18. The number of carboxylic acids is 1. The molecule has 0 unspecified atom stereocenters. The minimum Gasteiger partial charge on any atom is -0.480 e. The molecule has 1 atom stereocenters. The first-order chi connectivity index (χ1) is 9.86. The molecular formula is C13H16F3NO4S. The summed E-state index contributed by atoms with van der Waals surface area (Å²) < 4.78 is 64.6. The van der Waals surface area contributed by atoms with Gasteiger partial charge in [-0.1, -0.05) is 19.9 Å². The zero-order valence-electron chi connectivity index (χ0n) is 12.1. The van der Waals surface area contributed by atoms with Crippen molar-refractivity contribution in [2.75, 3.05) is 0 Å². The molecule has 9 heteroatoms. The molecule has 1 aromatic carbocycles. The molecule has 0 spiro atoms. The zero-order valence-corrected chi connectivity index (χ0v) is 12.9. The smallest absolute Gasteiger partial charge is 0.416 e. The number of carbonyl (C=O) groups is 1. The number of nitrogens with one attached hydrogen (secondary N) is 1. The van der Waals surface area contributed by atoms with Gasteiger partial charge in [-0.3, -0.25) is 4.79 Å². The molecule has 0 amide bonds. The van der Waals surface area contributed by atoms with Crippen LogP contribution in [-0.2, 0) is 21.0 Å². The highest BCUT2D eigenvalue weighted by atomic mass is 32.2. The van der Waals surface area contributed by atoms with E-state index in [9.17, 15) is 26.4 Å². The van der Waals surface area contributed by atoms with E-state index in [0.29, 0.717) is 6.07 Å². The summed E-state index contributed by atoms with van der Waals surface area (Å²) in [5, 5.41) is 8.97. The highest BCUT2D eigenvalue weighted by molar-refractivity contribution is 7.89. The van der Waals surface area contributed by atoms with Gasteiger partial charge in [-0.2, -0.15) is 17.9 Å². The van der Waals surface area contributed by atoms with Gasteiger partial charge in [0, 0.05) is 0 Å². The second-order valence-corrected chi connectivity index (χ2v) is 6.87. The number of aryl methyl sites for hydroxylation is 1. The number of halogens is 3. The Kier molecular flexibility index (Phi) is 5.24. The monoisotopic (exact) mass is 339 g/mol. The lowest BCUT2D eigenvalue weighted by atomic mass is 10.1. The fourth-order valence-electron chi connectivity index (χ4n) is 1.78. The lowest BCUT2D eigenvalue weighted by Crippen LogP contribution is -2.44. The van der Waals surface area contributed by atoms with Gasteiger partial charge in [0.25, 0.3) is 0 Å². The number of rotatable bonds is 5. The van der Waals surface area contributed by atoms with E-state index in [1.807, 2.05) is 4.72 Å². The summed E-state index contributed by atoms with van der Waals surface area (Å²) in [4.78, 5) is 10.4. The van der Waals surface area contributed by atoms with Gasteiger partial charge in [0.1, 0.15) is 6.04 Å². The van der Waals surface area contributed by atoms with Crippen molar-refractivity contribution >= 4 is 16.0 Å². The first-order valence-electron chi connectivity index (χ1n) is 6.29. The molecular weight excluding hydrogens is 323 g/mol. The lowest BCUT2D eigenvalue weighted by Gasteiger charge is -2.19. The van der Waals surface area contributed by atoms with E-state index in [-0.39, 0.29) is 5.56 Å². The number of alkyl halides is 3. The number of hydrogen-bond acceptors (Lipinski definition) is 3. The molecule has 0 aromatic heterocycles. The third kappa shape index (κ3) is 4.20. The molecule has 22 heavy (non-hydrogen) atoms. The summed E-state index contributed by atoms with van der Waals surface area (Å²) in [5.41, 5.74) is -1.20. The Morgan fingerprint density at radius 1 is 1.27 bits per heavy atom. The van der Waals surface area contributed by atoms with Crippen molar-refractivity contribution in [2.24, 2.45) is 5.92 Å². The third-order valence-electron chi connectivity index (χ3n) is 3.04. The van der Waals surface area contributed by atoms with E-state index in [0.717, 1.165) is 12.1 Å². The van der Waals surface area contributed by atoms with Crippen LogP contribution in [0.5, 0.6) is 0 Å². The molecule has 2 N–H and O–H groups in total. The lowest BCUT2D eigenvalue weighted by molar-refractivity contribution is -0.140. The Balaban J connectivity index is 3.27. The van der Waals surface area contributed by atoms with Crippen molar-refractivity contribution < 1.29 is 31.5 Å². The van der Waals surface area contributed by atoms with Gasteiger partial charge in [0.05, 0.1) is 10.5 Å². The molecule has 0 bridgehead atoms. The molecule has 1 rings (SSSR count). The maximum absolute atomic E-state index is 12.8. The summed E-state index contributed by atoms with van der Waals surface area (Å²) in [6, 6.07) is 1.10. The molecule has 0 radical (unpaired) electrons. The van der Waals surface area contributed by atoms with E-state index in [1.54, 1.807) is 0 Å². The highest BCUT2D eigenvalue weighted by Gasteiger charge is 2.34. The summed E-state index contributed by atoms with van der Waals surface area (Å²) in [6.07, 6.45) is -4.69. The molecule has 0 aliphatic rings. The van der Waals surface area contributed by atoms with Gasteiger partial charge in [-0.25, -0.2) is 8.42 Å². The molecule has 0 aliphatic carbocycles. The van der Waals surface area contributed by atoms with Crippen molar-refractivity contribution in [1.82, 2.24) is 4.72 Å². The van der Waals surface area contributed by atoms with Crippen LogP contribution >= 0.6 is 0 Å². The Morgan fingerprint density at radius 3 is 2.23 bits per heavy atom. The van der Waals surface area contributed by atoms with E-state index >= 15 is 0 Å². The quantitative estimate of drug-likeness (QED) is 0.863. The van der Waals surface area contributed by atoms with E-state index < -0.39 is 44.6 Å². The number of aliphatic carboxylic acids is 1. The first kappa shape index (κ1) is 18.4. The maximum atomic E-state index is 12.8. The second-order valence-electron chi connectivity index (χ2n) is 5.16. The molecule has 0 aliphatic heterocycles. The summed E-state index contributed by atoms with van der Waals surface area (Å²) in [5.74, 6) is -1.97. The summed E-state index contributed by atoms with van der Waals surface area (Å²) in [7, 11) is -4.38. The molecule has 5 nitrogen and oxygen atoms in total. The number of benzene rings is 1. The topological polar surface area (TPSA) is 83.5 Å². The largest absolute Gasteiger partial charge is 0.480 e. The molecule has 124 valence electrons. The van der Waals surface area contributed by atoms with E-state index in [2.05, 4.69) is 0 Å². The van der Waals surface area contributed by atoms with Crippen LogP contribution in [0.3, 0.4) is 0 Å². The minimum absolute atomic E-state index is 0.120. The molecule has 0 fully saturated rings. The Labute approximate surface area is 126 Å². The van der Waals surface area contributed by atoms with Gasteiger partial charge >= 0.3 is 12.1 Å².